The monoisotopic (exact) mass is 146 g/mol. The molecule has 0 bridgehead atoms. The minimum Gasteiger partial charge on any atom is -0.0720 e. The second-order valence-electron chi connectivity index (χ2n) is 3.66. The molecule has 0 N–H and O–H groups in total. The quantitative estimate of drug-likeness (QED) is 0.527. The van der Waals surface area contributed by atoms with Crippen LogP contribution in [-0.2, 0) is 0 Å². The Morgan fingerprint density at radius 3 is 2.00 bits per heavy atom. The van der Waals surface area contributed by atoms with Crippen LogP contribution in [0.3, 0.4) is 0 Å². The van der Waals surface area contributed by atoms with Gasteiger partial charge in [-0.05, 0) is 9.76 Å². The molecule has 0 saturated carbocycles. The van der Waals surface area contributed by atoms with Gasteiger partial charge < -0.3 is 0 Å². The van der Waals surface area contributed by atoms with Crippen molar-refractivity contribution < 1.29 is 0 Å². The van der Waals surface area contributed by atoms with Gasteiger partial charge in [0, 0.05) is 7.59 Å². The molecular weight excluding hydrogens is 128 g/mol. The van der Waals surface area contributed by atoms with Crippen molar-refractivity contribution in [2.75, 3.05) is 0 Å². The molecule has 0 aromatic carbocycles. The van der Waals surface area contributed by atoms with E-state index in [-0.39, 0.29) is 0 Å². The normalized spacial score (nSPS) is 12.4. The molecule has 0 nitrogen and oxygen atoms in total. The van der Waals surface area contributed by atoms with E-state index >= 15 is 0 Å². The summed E-state index contributed by atoms with van der Waals surface area (Å²) in [6, 6.07) is 1.57. The molecule has 0 fully saturated rings. The maximum absolute atomic E-state index is 2.49. The van der Waals surface area contributed by atoms with Crippen molar-refractivity contribution >= 4 is 17.4 Å². The van der Waals surface area contributed by atoms with Crippen LogP contribution in [-0.4, -0.2) is 17.4 Å². The Morgan fingerprint density at radius 2 is 1.88 bits per heavy atom. The zero-order valence-electron chi connectivity index (χ0n) is 6.62. The van der Waals surface area contributed by atoms with Crippen molar-refractivity contribution in [1.82, 2.24) is 0 Å². The van der Waals surface area contributed by atoms with Crippen LogP contribution in [0.15, 0.2) is 0 Å². The summed E-state index contributed by atoms with van der Waals surface area (Å²) in [5.41, 5.74) is 0. The van der Waals surface area contributed by atoms with Crippen LogP contribution in [0.25, 0.3) is 0 Å². The molecule has 0 rings (SSSR count). The summed E-state index contributed by atoms with van der Waals surface area (Å²) in [5, 5.41) is 0. The summed E-state index contributed by atoms with van der Waals surface area (Å²) in [6.07, 6.45) is 2.86. The maximum atomic E-state index is 2.49. The lowest BCUT2D eigenvalue weighted by Gasteiger charge is -2.13. The first-order chi connectivity index (χ1) is 3.56. The van der Waals surface area contributed by atoms with Crippen molar-refractivity contribution in [3.63, 3.8) is 0 Å². The molecule has 0 amide bonds. The predicted octanol–water partition coefficient (Wildman–Crippen LogP) is 1.36. The summed E-state index contributed by atoms with van der Waals surface area (Å²) in [6.45, 7) is 7.27. The Kier molecular flexibility index (Phi) is 3.65. The summed E-state index contributed by atoms with van der Waals surface area (Å²) in [5.74, 6) is 0. The zero-order valence-corrected chi connectivity index (χ0v) is 9.62. The second kappa shape index (κ2) is 3.46. The van der Waals surface area contributed by atoms with Crippen molar-refractivity contribution in [1.29, 1.82) is 0 Å². The molecule has 0 saturated heterocycles. The van der Waals surface area contributed by atoms with Gasteiger partial charge in [-0.25, -0.2) is 0 Å². The molecule has 0 atom stereocenters. The third kappa shape index (κ3) is 6.43. The molecule has 0 spiro atoms. The van der Waals surface area contributed by atoms with E-state index < -0.39 is 7.59 Å². The van der Waals surface area contributed by atoms with Crippen LogP contribution < -0.4 is 0 Å². The topological polar surface area (TPSA) is 0 Å². The molecule has 50 valence electrons. The lowest BCUT2D eigenvalue weighted by molar-refractivity contribution is 0.873. The van der Waals surface area contributed by atoms with Crippen LogP contribution in [0.1, 0.15) is 19.8 Å². The van der Waals surface area contributed by atoms with E-state index in [1.54, 1.807) is 6.04 Å². The Hall–Kier alpha value is 0.434. The van der Waals surface area contributed by atoms with Gasteiger partial charge in [0.25, 0.3) is 0 Å². The van der Waals surface area contributed by atoms with Gasteiger partial charge >= 0.3 is 0 Å². The smallest absolute Gasteiger partial charge is 0.0301 e. The minimum atomic E-state index is -0.539. The van der Waals surface area contributed by atoms with Crippen LogP contribution >= 0.6 is 0 Å². The second-order valence-corrected chi connectivity index (χ2v) is 17.4. The first-order valence-corrected chi connectivity index (χ1v) is 10.3. The lowest BCUT2D eigenvalue weighted by atomic mass is 10.4. The van der Waals surface area contributed by atoms with E-state index in [0.29, 0.717) is 0 Å². The molecule has 2 heteroatoms. The van der Waals surface area contributed by atoms with Crippen LogP contribution in [0, 0.1) is 0 Å². The highest BCUT2D eigenvalue weighted by atomic mass is 29.2. The molecule has 0 aliphatic heterocycles. The fourth-order valence-corrected chi connectivity index (χ4v) is 3.18. The van der Waals surface area contributed by atoms with Gasteiger partial charge in [0.05, 0.1) is 0 Å². The van der Waals surface area contributed by atoms with Crippen LogP contribution in [0.4, 0.5) is 0 Å². The minimum absolute atomic E-state index is 0.539. The maximum Gasteiger partial charge on any atom is 0.0301 e. The Morgan fingerprint density at radius 1 is 1.38 bits per heavy atom. The van der Waals surface area contributed by atoms with E-state index in [4.69, 9.17) is 0 Å². The third-order valence-corrected chi connectivity index (χ3v) is 4.63. The molecule has 8 heavy (non-hydrogen) atoms. The van der Waals surface area contributed by atoms with Crippen molar-refractivity contribution in [3.8, 4) is 0 Å². The molecular formula is C6H18Si2. The first-order valence-electron chi connectivity index (χ1n) is 3.56. The molecule has 0 radical (unpaired) electrons. The number of unbranched alkanes of at least 4 members (excludes halogenated alkanes) is 1. The van der Waals surface area contributed by atoms with Gasteiger partial charge in [-0.3, -0.25) is 0 Å². The van der Waals surface area contributed by atoms with E-state index in [0.717, 1.165) is 0 Å². The fraction of sp³-hybridized carbons (Fsp3) is 1.00. The van der Waals surface area contributed by atoms with E-state index in [1.165, 1.54) is 22.6 Å². The van der Waals surface area contributed by atoms with Gasteiger partial charge in [-0.15, -0.1) is 0 Å². The highest BCUT2D eigenvalue weighted by Gasteiger charge is 2.10. The number of rotatable bonds is 3. The fourth-order valence-electron chi connectivity index (χ4n) is 0.707. The molecule has 0 heterocycles. The largest absolute Gasteiger partial charge is 0.0720 e. The van der Waals surface area contributed by atoms with Gasteiger partial charge in [0.1, 0.15) is 0 Å². The van der Waals surface area contributed by atoms with Crippen molar-refractivity contribution in [2.24, 2.45) is 0 Å². The number of hydrogen-bond acceptors (Lipinski definition) is 0. The molecule has 0 aliphatic carbocycles. The standard InChI is InChI=1S/C6H18Si2/c1-4-5-6-8(2,3)7/h4-6H2,1-3,7H3. The summed E-state index contributed by atoms with van der Waals surface area (Å²) >= 11 is 0. The summed E-state index contributed by atoms with van der Waals surface area (Å²) < 4.78 is 0. The predicted molar refractivity (Wildman–Crippen MR) is 47.1 cm³/mol. The van der Waals surface area contributed by atoms with E-state index in [9.17, 15) is 0 Å². The first kappa shape index (κ1) is 8.43. The highest BCUT2D eigenvalue weighted by molar-refractivity contribution is 7.15. The zero-order chi connectivity index (χ0) is 6.62. The molecule has 0 aromatic rings. The van der Waals surface area contributed by atoms with Gasteiger partial charge in [0.15, 0.2) is 0 Å². The van der Waals surface area contributed by atoms with Crippen LogP contribution in [0.5, 0.6) is 0 Å². The molecule has 0 aliphatic rings. The molecule has 0 unspecified atom stereocenters. The van der Waals surface area contributed by atoms with Gasteiger partial charge in [-0.2, -0.15) is 0 Å². The van der Waals surface area contributed by atoms with E-state index in [1.807, 2.05) is 0 Å². The average Bonchev–Trinajstić information content (AvgIpc) is 1.59. The van der Waals surface area contributed by atoms with E-state index in [2.05, 4.69) is 20.0 Å². The number of hydrogen-bond donors (Lipinski definition) is 0. The Bertz CT molecular complexity index is 54.0. The average molecular weight is 146 g/mol. The molecule has 0 aromatic heterocycles. The Balaban J connectivity index is 3.11. The SMILES string of the molecule is CCCC[Si](C)(C)[SiH3]. The highest BCUT2D eigenvalue weighted by Crippen LogP contribution is 2.08. The van der Waals surface area contributed by atoms with Crippen molar-refractivity contribution in [2.45, 2.75) is 38.9 Å². The van der Waals surface area contributed by atoms with Crippen LogP contribution in [0.2, 0.25) is 19.1 Å². The summed E-state index contributed by atoms with van der Waals surface area (Å²) in [7, 11) is 0.942. The van der Waals surface area contributed by atoms with Gasteiger partial charge in [-0.1, -0.05) is 38.9 Å². The lowest BCUT2D eigenvalue weighted by Crippen LogP contribution is -2.25. The summed E-state index contributed by atoms with van der Waals surface area (Å²) in [4.78, 5) is 0. The van der Waals surface area contributed by atoms with Gasteiger partial charge in [0.2, 0.25) is 0 Å². The van der Waals surface area contributed by atoms with Crippen molar-refractivity contribution in [3.05, 3.63) is 0 Å². The Labute approximate surface area is 56.9 Å². The third-order valence-electron chi connectivity index (χ3n) is 1.28.